The summed E-state index contributed by atoms with van der Waals surface area (Å²) < 4.78 is 1.91. The first-order valence-electron chi connectivity index (χ1n) is 7.12. The summed E-state index contributed by atoms with van der Waals surface area (Å²) in [7, 11) is 1.78. The molecule has 2 aromatic heterocycles. The second-order valence-corrected chi connectivity index (χ2v) is 6.04. The van der Waals surface area contributed by atoms with Crippen molar-refractivity contribution < 1.29 is 4.79 Å². The quantitative estimate of drug-likeness (QED) is 0.888. The minimum atomic E-state index is -0.0643. The molecule has 1 fully saturated rings. The van der Waals surface area contributed by atoms with E-state index in [2.05, 4.69) is 15.4 Å². The second kappa shape index (κ2) is 9.22. The van der Waals surface area contributed by atoms with E-state index in [0.717, 1.165) is 31.6 Å². The zero-order valence-corrected chi connectivity index (χ0v) is 15.3. The average molecular weight is 378 g/mol. The lowest BCUT2D eigenvalue weighted by Crippen LogP contribution is -2.32. The fourth-order valence-corrected chi connectivity index (χ4v) is 3.09. The van der Waals surface area contributed by atoms with Gasteiger partial charge in [0.1, 0.15) is 5.69 Å². The van der Waals surface area contributed by atoms with E-state index in [1.54, 1.807) is 23.5 Å². The lowest BCUT2D eigenvalue weighted by molar-refractivity contribution is 0.0776. The molecule has 1 aliphatic heterocycles. The number of carbonyl (C=O) groups is 1. The van der Waals surface area contributed by atoms with Crippen LogP contribution in [-0.2, 0) is 6.54 Å². The number of hydrogen-bond donors (Lipinski definition) is 1. The van der Waals surface area contributed by atoms with E-state index in [1.165, 1.54) is 11.3 Å². The van der Waals surface area contributed by atoms with Gasteiger partial charge in [0.15, 0.2) is 0 Å². The summed E-state index contributed by atoms with van der Waals surface area (Å²) in [5, 5.41) is 9.77. The SMILES string of the molecule is CN(Cc1cscn1)C(=O)c1ccn(C2CCCNC2)n1.Cl.Cl. The molecule has 1 amide bonds. The van der Waals surface area contributed by atoms with Gasteiger partial charge >= 0.3 is 0 Å². The Morgan fingerprint density at radius 3 is 3.00 bits per heavy atom. The summed E-state index contributed by atoms with van der Waals surface area (Å²) in [6, 6.07) is 2.15. The molecule has 128 valence electrons. The fourth-order valence-electron chi connectivity index (χ4n) is 2.54. The predicted octanol–water partition coefficient (Wildman–Crippen LogP) is 2.38. The van der Waals surface area contributed by atoms with Gasteiger partial charge in [0, 0.05) is 25.2 Å². The van der Waals surface area contributed by atoms with Crippen LogP contribution in [0.4, 0.5) is 0 Å². The highest BCUT2D eigenvalue weighted by molar-refractivity contribution is 7.07. The fraction of sp³-hybridized carbons (Fsp3) is 0.500. The molecule has 3 heterocycles. The zero-order valence-electron chi connectivity index (χ0n) is 12.8. The van der Waals surface area contributed by atoms with Crippen LogP contribution in [0.2, 0.25) is 0 Å². The van der Waals surface area contributed by atoms with E-state index in [0.29, 0.717) is 18.3 Å². The van der Waals surface area contributed by atoms with Crippen LogP contribution in [0.3, 0.4) is 0 Å². The number of nitrogens with zero attached hydrogens (tertiary/aromatic N) is 4. The van der Waals surface area contributed by atoms with Gasteiger partial charge in [-0.2, -0.15) is 5.10 Å². The molecule has 1 aliphatic rings. The summed E-state index contributed by atoms with van der Waals surface area (Å²) in [6.07, 6.45) is 4.16. The van der Waals surface area contributed by atoms with Gasteiger partial charge in [-0.05, 0) is 25.5 Å². The molecule has 1 unspecified atom stereocenters. The Hall–Kier alpha value is -1.15. The minimum Gasteiger partial charge on any atom is -0.334 e. The average Bonchev–Trinajstić information content (AvgIpc) is 3.18. The molecule has 9 heteroatoms. The van der Waals surface area contributed by atoms with Crippen molar-refractivity contribution in [2.45, 2.75) is 25.4 Å². The standard InChI is InChI=1S/C14H19N5OS.2ClH/c1-18(8-11-9-21-10-16-11)14(20)13-4-6-19(17-13)12-3-2-5-15-7-12;;/h4,6,9-10,12,15H,2-3,5,7-8H2,1H3;2*1H. The molecular weight excluding hydrogens is 357 g/mol. The topological polar surface area (TPSA) is 63.1 Å². The van der Waals surface area contributed by atoms with Gasteiger partial charge in [-0.3, -0.25) is 9.48 Å². The monoisotopic (exact) mass is 377 g/mol. The highest BCUT2D eigenvalue weighted by Gasteiger charge is 2.19. The summed E-state index contributed by atoms with van der Waals surface area (Å²) >= 11 is 1.54. The number of rotatable bonds is 4. The van der Waals surface area contributed by atoms with Crippen LogP contribution >= 0.6 is 36.2 Å². The van der Waals surface area contributed by atoms with Gasteiger partial charge in [0.2, 0.25) is 0 Å². The van der Waals surface area contributed by atoms with Crippen molar-refractivity contribution >= 4 is 42.1 Å². The highest BCUT2D eigenvalue weighted by Crippen LogP contribution is 2.16. The van der Waals surface area contributed by atoms with Gasteiger partial charge < -0.3 is 10.2 Å². The van der Waals surface area contributed by atoms with Gasteiger partial charge in [-0.25, -0.2) is 4.98 Å². The van der Waals surface area contributed by atoms with Crippen LogP contribution in [0.15, 0.2) is 23.2 Å². The molecule has 1 saturated heterocycles. The van der Waals surface area contributed by atoms with E-state index in [-0.39, 0.29) is 30.7 Å². The third-order valence-corrected chi connectivity index (χ3v) is 4.34. The van der Waals surface area contributed by atoms with Gasteiger partial charge in [-0.1, -0.05) is 0 Å². The number of hydrogen-bond acceptors (Lipinski definition) is 5. The number of halogens is 2. The van der Waals surface area contributed by atoms with Gasteiger partial charge in [0.25, 0.3) is 5.91 Å². The Morgan fingerprint density at radius 1 is 1.52 bits per heavy atom. The number of thiazole rings is 1. The van der Waals surface area contributed by atoms with Crippen molar-refractivity contribution in [1.29, 1.82) is 0 Å². The molecule has 2 aromatic rings. The van der Waals surface area contributed by atoms with E-state index < -0.39 is 0 Å². The largest absolute Gasteiger partial charge is 0.334 e. The third kappa shape index (κ3) is 4.91. The Kier molecular flexibility index (Phi) is 7.98. The van der Waals surface area contributed by atoms with Crippen molar-refractivity contribution in [3.63, 3.8) is 0 Å². The molecule has 0 aromatic carbocycles. The third-order valence-electron chi connectivity index (χ3n) is 3.70. The summed E-state index contributed by atoms with van der Waals surface area (Å²) in [5.41, 5.74) is 3.18. The number of aromatic nitrogens is 3. The summed E-state index contributed by atoms with van der Waals surface area (Å²) in [6.45, 7) is 2.50. The Labute approximate surface area is 152 Å². The van der Waals surface area contributed by atoms with E-state index in [9.17, 15) is 4.79 Å². The van der Waals surface area contributed by atoms with Crippen molar-refractivity contribution in [3.05, 3.63) is 34.5 Å². The van der Waals surface area contributed by atoms with Crippen molar-refractivity contribution in [3.8, 4) is 0 Å². The van der Waals surface area contributed by atoms with Crippen LogP contribution in [0.25, 0.3) is 0 Å². The molecule has 1 N–H and O–H groups in total. The minimum absolute atomic E-state index is 0. The number of piperidine rings is 1. The maximum atomic E-state index is 12.4. The van der Waals surface area contributed by atoms with Crippen LogP contribution in [0.5, 0.6) is 0 Å². The number of amides is 1. The van der Waals surface area contributed by atoms with E-state index in [1.807, 2.05) is 16.3 Å². The summed E-state index contributed by atoms with van der Waals surface area (Å²) in [4.78, 5) is 18.2. The lowest BCUT2D eigenvalue weighted by atomic mass is 10.1. The van der Waals surface area contributed by atoms with E-state index in [4.69, 9.17) is 0 Å². The van der Waals surface area contributed by atoms with Crippen molar-refractivity contribution in [1.82, 2.24) is 25.0 Å². The highest BCUT2D eigenvalue weighted by atomic mass is 35.5. The summed E-state index contributed by atoms with van der Waals surface area (Å²) in [5.74, 6) is -0.0643. The second-order valence-electron chi connectivity index (χ2n) is 5.32. The molecule has 1 atom stereocenters. The van der Waals surface area contributed by atoms with Crippen LogP contribution < -0.4 is 5.32 Å². The van der Waals surface area contributed by atoms with Crippen LogP contribution in [0, 0.1) is 0 Å². The Bertz CT molecular complexity index is 598. The first-order chi connectivity index (χ1) is 10.2. The molecule has 6 nitrogen and oxygen atoms in total. The van der Waals surface area contributed by atoms with Crippen molar-refractivity contribution in [2.75, 3.05) is 20.1 Å². The number of carbonyl (C=O) groups excluding carboxylic acids is 1. The maximum absolute atomic E-state index is 12.4. The zero-order chi connectivity index (χ0) is 14.7. The maximum Gasteiger partial charge on any atom is 0.274 e. The van der Waals surface area contributed by atoms with Gasteiger partial charge in [0.05, 0.1) is 23.8 Å². The van der Waals surface area contributed by atoms with Crippen molar-refractivity contribution in [2.24, 2.45) is 0 Å². The van der Waals surface area contributed by atoms with Crippen LogP contribution in [-0.4, -0.2) is 45.7 Å². The molecule has 3 rings (SSSR count). The first kappa shape index (κ1) is 19.9. The Morgan fingerprint density at radius 2 is 2.35 bits per heavy atom. The predicted molar refractivity (Wildman–Crippen MR) is 95.8 cm³/mol. The molecule has 0 aliphatic carbocycles. The normalized spacial score (nSPS) is 17.0. The first-order valence-corrected chi connectivity index (χ1v) is 8.07. The lowest BCUT2D eigenvalue weighted by Gasteiger charge is -2.23. The molecule has 0 bridgehead atoms. The molecule has 0 saturated carbocycles. The Balaban J connectivity index is 0.00000132. The molecule has 23 heavy (non-hydrogen) atoms. The number of nitrogens with one attached hydrogen (secondary N) is 1. The molecular formula is C14H21Cl2N5OS. The van der Waals surface area contributed by atoms with E-state index >= 15 is 0 Å². The molecule has 0 spiro atoms. The smallest absolute Gasteiger partial charge is 0.274 e. The van der Waals surface area contributed by atoms with Gasteiger partial charge in [-0.15, -0.1) is 36.2 Å². The van der Waals surface area contributed by atoms with Crippen LogP contribution in [0.1, 0.15) is 35.1 Å². The molecule has 0 radical (unpaired) electrons.